The molecule has 0 saturated heterocycles. The molecule has 7 nitrogen and oxygen atoms in total. The van der Waals surface area contributed by atoms with Crippen molar-refractivity contribution in [2.45, 2.75) is 26.3 Å². The van der Waals surface area contributed by atoms with E-state index in [4.69, 9.17) is 16.3 Å². The summed E-state index contributed by atoms with van der Waals surface area (Å²) >= 11 is 5.96. The number of halogens is 2. The van der Waals surface area contributed by atoms with Gasteiger partial charge in [-0.25, -0.2) is 18.4 Å². The highest BCUT2D eigenvalue weighted by Gasteiger charge is 2.09. The number of guanidine groups is 1. The average molecular weight is 505 g/mol. The first kappa shape index (κ1) is 24.2. The zero-order valence-electron chi connectivity index (χ0n) is 14.7. The molecule has 1 unspecified atom stereocenters. The molecule has 1 heterocycles. The SMILES string of the molecule is CCNC(=NCCOc1ncccc1Cl)NC(C)CCS(C)(=O)=O.I. The van der Waals surface area contributed by atoms with Gasteiger partial charge in [-0.1, -0.05) is 11.6 Å². The summed E-state index contributed by atoms with van der Waals surface area (Å²) < 4.78 is 27.9. The molecule has 25 heavy (non-hydrogen) atoms. The molecule has 0 radical (unpaired) electrons. The van der Waals surface area contributed by atoms with E-state index in [0.29, 0.717) is 43.0 Å². The van der Waals surface area contributed by atoms with Crippen LogP contribution in [0.15, 0.2) is 23.3 Å². The van der Waals surface area contributed by atoms with Crippen LogP contribution in [0.3, 0.4) is 0 Å². The van der Waals surface area contributed by atoms with Gasteiger partial charge < -0.3 is 15.4 Å². The minimum atomic E-state index is -2.96. The van der Waals surface area contributed by atoms with Crippen LogP contribution in [0.5, 0.6) is 5.88 Å². The Morgan fingerprint density at radius 2 is 2.20 bits per heavy atom. The number of hydrogen-bond acceptors (Lipinski definition) is 5. The summed E-state index contributed by atoms with van der Waals surface area (Å²) in [4.78, 5) is 8.43. The maximum atomic E-state index is 11.2. The molecule has 0 aliphatic carbocycles. The number of pyridine rings is 1. The van der Waals surface area contributed by atoms with Crippen LogP contribution in [0.4, 0.5) is 0 Å². The highest BCUT2D eigenvalue weighted by molar-refractivity contribution is 14.0. The van der Waals surface area contributed by atoms with Gasteiger partial charge in [-0.3, -0.25) is 0 Å². The summed E-state index contributed by atoms with van der Waals surface area (Å²) in [6.07, 6.45) is 3.36. The lowest BCUT2D eigenvalue weighted by Gasteiger charge is -2.17. The minimum absolute atomic E-state index is 0. The molecule has 0 aliphatic rings. The van der Waals surface area contributed by atoms with Gasteiger partial charge in [0.05, 0.1) is 12.3 Å². The number of aliphatic imine (C=N–C) groups is 1. The molecule has 0 amide bonds. The van der Waals surface area contributed by atoms with E-state index in [1.165, 1.54) is 6.26 Å². The lowest BCUT2D eigenvalue weighted by Crippen LogP contribution is -2.43. The molecular weight excluding hydrogens is 479 g/mol. The quantitative estimate of drug-likeness (QED) is 0.232. The van der Waals surface area contributed by atoms with Crippen molar-refractivity contribution in [2.75, 3.05) is 31.7 Å². The first-order chi connectivity index (χ1) is 11.3. The third-order valence-corrected chi connectivity index (χ3v) is 4.24. The van der Waals surface area contributed by atoms with Crippen molar-refractivity contribution >= 4 is 51.4 Å². The van der Waals surface area contributed by atoms with E-state index < -0.39 is 9.84 Å². The zero-order chi connectivity index (χ0) is 18.0. The van der Waals surface area contributed by atoms with Gasteiger partial charge in [-0.05, 0) is 32.4 Å². The number of rotatable bonds is 9. The van der Waals surface area contributed by atoms with Crippen molar-refractivity contribution in [1.82, 2.24) is 15.6 Å². The van der Waals surface area contributed by atoms with Crippen LogP contribution in [0.1, 0.15) is 20.3 Å². The van der Waals surface area contributed by atoms with Gasteiger partial charge in [0.25, 0.3) is 0 Å². The second-order valence-electron chi connectivity index (χ2n) is 5.36. The van der Waals surface area contributed by atoms with E-state index in [1.54, 1.807) is 18.3 Å². The number of sulfone groups is 1. The summed E-state index contributed by atoms with van der Waals surface area (Å²) in [6.45, 7) is 5.34. The molecule has 1 aromatic rings. The lowest BCUT2D eigenvalue weighted by atomic mass is 10.3. The maximum absolute atomic E-state index is 11.2. The molecule has 0 spiro atoms. The van der Waals surface area contributed by atoms with Crippen LogP contribution < -0.4 is 15.4 Å². The van der Waals surface area contributed by atoms with E-state index in [0.717, 1.165) is 0 Å². The standard InChI is InChI=1S/C15H25ClN4O3S.HI/c1-4-17-15(20-12(2)7-11-24(3,21)22)19-9-10-23-14-13(16)6-5-8-18-14;/h5-6,8,12H,4,7,9-11H2,1-3H3,(H2,17,19,20);1H. The van der Waals surface area contributed by atoms with Crippen molar-refractivity contribution in [3.63, 3.8) is 0 Å². The van der Waals surface area contributed by atoms with Crippen LogP contribution in [-0.2, 0) is 9.84 Å². The Labute approximate surface area is 171 Å². The fourth-order valence-corrected chi connectivity index (χ4v) is 2.75. The maximum Gasteiger partial charge on any atom is 0.232 e. The summed E-state index contributed by atoms with van der Waals surface area (Å²) in [7, 11) is -2.96. The van der Waals surface area contributed by atoms with Gasteiger partial charge in [0.15, 0.2) is 5.96 Å². The largest absolute Gasteiger partial charge is 0.475 e. The van der Waals surface area contributed by atoms with Crippen molar-refractivity contribution in [1.29, 1.82) is 0 Å². The number of aromatic nitrogens is 1. The van der Waals surface area contributed by atoms with Gasteiger partial charge in [0.2, 0.25) is 5.88 Å². The Balaban J connectivity index is 0.00000576. The molecule has 144 valence electrons. The Bertz CT molecular complexity index is 643. The fourth-order valence-electron chi connectivity index (χ4n) is 1.79. The van der Waals surface area contributed by atoms with Crippen LogP contribution in [0.2, 0.25) is 5.02 Å². The summed E-state index contributed by atoms with van der Waals surface area (Å²) in [6, 6.07) is 3.43. The van der Waals surface area contributed by atoms with Crippen LogP contribution in [0, 0.1) is 0 Å². The topological polar surface area (TPSA) is 92.7 Å². The monoisotopic (exact) mass is 504 g/mol. The van der Waals surface area contributed by atoms with E-state index in [1.807, 2.05) is 13.8 Å². The van der Waals surface area contributed by atoms with E-state index in [-0.39, 0.29) is 35.8 Å². The normalized spacial score (nSPS) is 12.9. The molecule has 0 aliphatic heterocycles. The Morgan fingerprint density at radius 3 is 2.80 bits per heavy atom. The van der Waals surface area contributed by atoms with Gasteiger partial charge in [0, 0.05) is 25.0 Å². The van der Waals surface area contributed by atoms with Gasteiger partial charge >= 0.3 is 0 Å². The molecule has 1 atom stereocenters. The molecule has 2 N–H and O–H groups in total. The van der Waals surface area contributed by atoms with E-state index in [2.05, 4.69) is 20.6 Å². The van der Waals surface area contributed by atoms with Crippen molar-refractivity contribution in [2.24, 2.45) is 4.99 Å². The molecule has 0 aromatic carbocycles. The predicted octanol–water partition coefficient (Wildman–Crippen LogP) is 2.11. The van der Waals surface area contributed by atoms with E-state index >= 15 is 0 Å². The molecule has 1 rings (SSSR count). The van der Waals surface area contributed by atoms with Gasteiger partial charge in [-0.2, -0.15) is 0 Å². The number of ether oxygens (including phenoxy) is 1. The highest BCUT2D eigenvalue weighted by Crippen LogP contribution is 2.19. The van der Waals surface area contributed by atoms with Crippen molar-refractivity contribution in [3.05, 3.63) is 23.4 Å². The zero-order valence-corrected chi connectivity index (χ0v) is 18.6. The molecule has 1 aromatic heterocycles. The smallest absolute Gasteiger partial charge is 0.232 e. The first-order valence-corrected chi connectivity index (χ1v) is 10.2. The fraction of sp³-hybridized carbons (Fsp3) is 0.600. The highest BCUT2D eigenvalue weighted by atomic mass is 127. The van der Waals surface area contributed by atoms with Crippen LogP contribution in [-0.4, -0.2) is 57.1 Å². The second kappa shape index (κ2) is 12.5. The van der Waals surface area contributed by atoms with Crippen LogP contribution in [0.25, 0.3) is 0 Å². The Morgan fingerprint density at radius 1 is 1.48 bits per heavy atom. The predicted molar refractivity (Wildman–Crippen MR) is 113 cm³/mol. The number of nitrogens with one attached hydrogen (secondary N) is 2. The number of nitrogens with zero attached hydrogens (tertiary/aromatic N) is 2. The van der Waals surface area contributed by atoms with Crippen LogP contribution >= 0.6 is 35.6 Å². The molecular formula is C15H26ClIN4O3S. The first-order valence-electron chi connectivity index (χ1n) is 7.77. The Hall–Kier alpha value is -0.810. The second-order valence-corrected chi connectivity index (χ2v) is 8.03. The van der Waals surface area contributed by atoms with E-state index in [9.17, 15) is 8.42 Å². The third kappa shape index (κ3) is 11.4. The van der Waals surface area contributed by atoms with Crippen molar-refractivity contribution < 1.29 is 13.2 Å². The summed E-state index contributed by atoms with van der Waals surface area (Å²) in [5.74, 6) is 1.14. The molecule has 10 heteroatoms. The van der Waals surface area contributed by atoms with Crippen molar-refractivity contribution in [3.8, 4) is 5.88 Å². The molecule has 0 fully saturated rings. The summed E-state index contributed by atoms with van der Waals surface area (Å²) in [5, 5.41) is 6.75. The van der Waals surface area contributed by atoms with Gasteiger partial charge in [0.1, 0.15) is 21.5 Å². The lowest BCUT2D eigenvalue weighted by molar-refractivity contribution is 0.316. The van der Waals surface area contributed by atoms with Gasteiger partial charge in [-0.15, -0.1) is 24.0 Å². The number of hydrogen-bond donors (Lipinski definition) is 2. The molecule has 0 bridgehead atoms. The third-order valence-electron chi connectivity index (χ3n) is 2.97. The molecule has 0 saturated carbocycles. The minimum Gasteiger partial charge on any atom is -0.475 e. The Kier molecular flexibility index (Phi) is 12.1. The summed E-state index contributed by atoms with van der Waals surface area (Å²) in [5.41, 5.74) is 0. The average Bonchev–Trinajstić information content (AvgIpc) is 2.50.